The number of hydrogen-bond acceptors (Lipinski definition) is 4. The smallest absolute Gasteiger partial charge is 0.337 e. The molecule has 0 aliphatic heterocycles. The Kier molecular flexibility index (Phi) is 9.17. The van der Waals surface area contributed by atoms with E-state index in [4.69, 9.17) is 5.73 Å². The lowest BCUT2D eigenvalue weighted by Crippen LogP contribution is -2.30. The van der Waals surface area contributed by atoms with Gasteiger partial charge in [0.05, 0.1) is 24.0 Å². The maximum Gasteiger partial charge on any atom is 0.337 e. The first-order chi connectivity index (χ1) is 12.4. The Morgan fingerprint density at radius 3 is 1.78 bits per heavy atom. The number of nitrogens with two attached hydrogens (primary N) is 1. The molecule has 11 heteroatoms. The highest BCUT2D eigenvalue weighted by Gasteiger charge is 2.30. The summed E-state index contributed by atoms with van der Waals surface area (Å²) in [6.07, 6.45) is 0.686. The lowest BCUT2D eigenvalue weighted by atomic mass is 9.92. The van der Waals surface area contributed by atoms with Crippen LogP contribution in [0.25, 0.3) is 0 Å². The number of carbonyl (C=O) groups excluding carboxylic acids is 2. The van der Waals surface area contributed by atoms with Gasteiger partial charge < -0.3 is 21.3 Å². The number of carboxylic acid groups (broad SMARTS) is 2. The number of aromatic carboxylic acids is 2. The zero-order valence-corrected chi connectivity index (χ0v) is 20.8. The van der Waals surface area contributed by atoms with Gasteiger partial charge in [0.25, 0.3) is 0 Å². The molecule has 0 aromatic heterocycles. The van der Waals surface area contributed by atoms with Crippen molar-refractivity contribution in [2.45, 2.75) is 26.7 Å². The molecule has 0 bridgehead atoms. The van der Waals surface area contributed by atoms with E-state index in [1.807, 2.05) is 0 Å². The number of hydrogen-bond donors (Lipinski definition) is 4. The minimum absolute atomic E-state index is 0.0915. The van der Waals surface area contributed by atoms with Crippen molar-refractivity contribution in [3.63, 3.8) is 0 Å². The number of amides is 2. The van der Waals surface area contributed by atoms with E-state index in [-0.39, 0.29) is 33.9 Å². The second kappa shape index (κ2) is 10.2. The van der Waals surface area contributed by atoms with E-state index in [1.54, 1.807) is 81.6 Å². The van der Waals surface area contributed by atoms with Crippen LogP contribution >= 0.6 is 67.8 Å². The summed E-state index contributed by atoms with van der Waals surface area (Å²) >= 11 is 5.24. The fourth-order valence-electron chi connectivity index (χ4n) is 2.38. The van der Waals surface area contributed by atoms with Crippen LogP contribution in [0.4, 0.5) is 5.69 Å². The van der Waals surface area contributed by atoms with E-state index >= 15 is 0 Å². The van der Waals surface area contributed by atoms with Gasteiger partial charge in [-0.2, -0.15) is 0 Å². The second-order valence-corrected chi connectivity index (χ2v) is 9.05. The van der Waals surface area contributed by atoms with Crippen LogP contribution in [-0.2, 0) is 9.59 Å². The third-order valence-corrected chi connectivity index (χ3v) is 7.22. The van der Waals surface area contributed by atoms with Crippen molar-refractivity contribution in [3.05, 3.63) is 21.8 Å². The number of rotatable bonds is 8. The van der Waals surface area contributed by atoms with Crippen molar-refractivity contribution in [2.75, 3.05) is 5.32 Å². The van der Waals surface area contributed by atoms with Gasteiger partial charge in [0.15, 0.2) is 0 Å². The monoisotopic (exact) mass is 714 g/mol. The molecule has 2 unspecified atom stereocenters. The third-order valence-electron chi connectivity index (χ3n) is 3.98. The predicted octanol–water partition coefficient (Wildman–Crippen LogP) is 3.37. The van der Waals surface area contributed by atoms with E-state index in [0.717, 1.165) is 0 Å². The quantitative estimate of drug-likeness (QED) is 0.304. The van der Waals surface area contributed by atoms with E-state index < -0.39 is 35.6 Å². The molecule has 27 heavy (non-hydrogen) atoms. The number of carboxylic acids is 2. The Balaban J connectivity index is 3.41. The van der Waals surface area contributed by atoms with Crippen molar-refractivity contribution in [1.29, 1.82) is 0 Å². The zero-order chi connectivity index (χ0) is 21.0. The molecule has 0 radical (unpaired) electrons. The second-order valence-electron chi connectivity index (χ2n) is 5.81. The first-order valence-electron chi connectivity index (χ1n) is 7.71. The molecule has 2 atom stereocenters. The molecule has 0 aliphatic carbocycles. The Labute approximate surface area is 196 Å². The fourth-order valence-corrected chi connectivity index (χ4v) is 6.74. The SMILES string of the molecule is CCC(CC(C)C(N)=O)C(=O)Nc1c(I)c(C(=O)O)c(I)c(C(=O)O)c1I. The zero-order valence-electron chi connectivity index (χ0n) is 14.3. The van der Waals surface area contributed by atoms with Crippen LogP contribution in [0.3, 0.4) is 0 Å². The Morgan fingerprint density at radius 2 is 1.44 bits per heavy atom. The van der Waals surface area contributed by atoms with Crippen molar-refractivity contribution < 1.29 is 29.4 Å². The molecular weight excluding hydrogens is 697 g/mol. The first-order valence-corrected chi connectivity index (χ1v) is 10.9. The molecule has 8 nitrogen and oxygen atoms in total. The number of primary amides is 1. The normalized spacial score (nSPS) is 12.9. The summed E-state index contributed by atoms with van der Waals surface area (Å²) in [7, 11) is 0. The van der Waals surface area contributed by atoms with Gasteiger partial charge in [-0.05, 0) is 80.6 Å². The van der Waals surface area contributed by atoms with E-state index in [0.29, 0.717) is 6.42 Å². The maximum atomic E-state index is 12.7. The predicted molar refractivity (Wildman–Crippen MR) is 124 cm³/mol. The minimum Gasteiger partial charge on any atom is -0.478 e. The lowest BCUT2D eigenvalue weighted by molar-refractivity contribution is -0.123. The summed E-state index contributed by atoms with van der Waals surface area (Å²) in [5.41, 5.74) is 5.04. The summed E-state index contributed by atoms with van der Waals surface area (Å²) in [6, 6.07) is 0. The van der Waals surface area contributed by atoms with Crippen LogP contribution in [-0.4, -0.2) is 34.0 Å². The van der Waals surface area contributed by atoms with Crippen LogP contribution in [0, 0.1) is 22.5 Å². The fraction of sp³-hybridized carbons (Fsp3) is 0.375. The van der Waals surface area contributed by atoms with E-state index in [1.165, 1.54) is 0 Å². The average molecular weight is 714 g/mol. The van der Waals surface area contributed by atoms with E-state index in [9.17, 15) is 29.4 Å². The highest BCUT2D eigenvalue weighted by Crippen LogP contribution is 2.36. The average Bonchev–Trinajstić information content (AvgIpc) is 2.54. The van der Waals surface area contributed by atoms with Crippen molar-refractivity contribution in [2.24, 2.45) is 17.6 Å². The molecule has 0 fully saturated rings. The van der Waals surface area contributed by atoms with Crippen molar-refractivity contribution >= 4 is 97.2 Å². The van der Waals surface area contributed by atoms with Gasteiger partial charge in [-0.25, -0.2) is 9.59 Å². The van der Waals surface area contributed by atoms with Gasteiger partial charge in [-0.1, -0.05) is 13.8 Å². The van der Waals surface area contributed by atoms with Crippen molar-refractivity contribution in [1.82, 2.24) is 0 Å². The molecule has 148 valence electrons. The van der Waals surface area contributed by atoms with Crippen molar-refractivity contribution in [3.8, 4) is 0 Å². The van der Waals surface area contributed by atoms with E-state index in [2.05, 4.69) is 5.32 Å². The lowest BCUT2D eigenvalue weighted by Gasteiger charge is -2.20. The molecule has 1 aromatic rings. The molecular formula is C16H17I3N2O6. The topological polar surface area (TPSA) is 147 Å². The molecule has 0 spiro atoms. The standard InChI is InChI=1S/C16H17I3N2O6/c1-3-6(4-5(2)13(20)22)14(23)21-12-10(18)7(15(24)25)9(17)8(11(12)19)16(26)27/h5-6H,3-4H2,1-2H3,(H2,20,22)(H,21,23)(H,24,25)(H,26,27). The van der Waals surface area contributed by atoms with Gasteiger partial charge >= 0.3 is 11.9 Å². The Bertz CT molecular complexity index is 771. The minimum atomic E-state index is -1.28. The molecule has 5 N–H and O–H groups in total. The summed E-state index contributed by atoms with van der Waals surface area (Å²) < 4.78 is 0.573. The molecule has 0 saturated carbocycles. The summed E-state index contributed by atoms with van der Waals surface area (Å²) in [5.74, 6) is -4.53. The number of carbonyl (C=O) groups is 4. The highest BCUT2D eigenvalue weighted by molar-refractivity contribution is 14.1. The number of anilines is 1. The van der Waals surface area contributed by atoms with Gasteiger partial charge in [0.2, 0.25) is 11.8 Å². The molecule has 2 amide bonds. The number of nitrogens with one attached hydrogen (secondary N) is 1. The van der Waals surface area contributed by atoms with Gasteiger partial charge in [0.1, 0.15) is 0 Å². The summed E-state index contributed by atoms with van der Waals surface area (Å²) in [5, 5.41) is 21.6. The molecule has 1 rings (SSSR count). The number of halogens is 3. The molecule has 0 aliphatic rings. The Morgan fingerprint density at radius 1 is 1.00 bits per heavy atom. The van der Waals surface area contributed by atoms with Crippen LogP contribution in [0.5, 0.6) is 0 Å². The number of benzene rings is 1. The van der Waals surface area contributed by atoms with Crippen LogP contribution in [0.1, 0.15) is 47.4 Å². The van der Waals surface area contributed by atoms with Crippen LogP contribution in [0.15, 0.2) is 0 Å². The molecule has 1 aromatic carbocycles. The third kappa shape index (κ3) is 5.65. The molecule has 0 heterocycles. The Hall–Kier alpha value is -0.710. The highest BCUT2D eigenvalue weighted by atomic mass is 127. The summed E-state index contributed by atoms with van der Waals surface area (Å²) in [6.45, 7) is 3.41. The first kappa shape index (κ1) is 24.3. The van der Waals surface area contributed by atoms with Gasteiger partial charge in [0, 0.05) is 15.4 Å². The van der Waals surface area contributed by atoms with Crippen LogP contribution < -0.4 is 11.1 Å². The maximum absolute atomic E-state index is 12.7. The largest absolute Gasteiger partial charge is 0.478 e. The molecule has 0 saturated heterocycles. The van der Waals surface area contributed by atoms with Gasteiger partial charge in [-0.15, -0.1) is 0 Å². The van der Waals surface area contributed by atoms with Crippen LogP contribution in [0.2, 0.25) is 0 Å². The summed E-state index contributed by atoms with van der Waals surface area (Å²) in [4.78, 5) is 47.2. The van der Waals surface area contributed by atoms with Gasteiger partial charge in [-0.3, -0.25) is 9.59 Å².